The highest BCUT2D eigenvalue weighted by Gasteiger charge is 2.31. The van der Waals surface area contributed by atoms with Crippen molar-refractivity contribution in [2.45, 2.75) is 19.1 Å². The fourth-order valence-corrected chi connectivity index (χ4v) is 3.07. The molecule has 1 aliphatic heterocycles. The molecule has 9 heteroatoms. The first-order valence-corrected chi connectivity index (χ1v) is 8.00. The van der Waals surface area contributed by atoms with E-state index in [1.165, 1.54) is 28.9 Å². The van der Waals surface area contributed by atoms with Crippen molar-refractivity contribution in [1.29, 1.82) is 0 Å². The molecule has 138 valence electrons. The summed E-state index contributed by atoms with van der Waals surface area (Å²) in [7, 11) is 0. The molecule has 0 aliphatic carbocycles. The fraction of sp³-hybridized carbons (Fsp3) is 0.167. The molecule has 0 N–H and O–H groups in total. The summed E-state index contributed by atoms with van der Waals surface area (Å²) in [5.74, 6) is -0.190. The van der Waals surface area contributed by atoms with E-state index in [4.69, 9.17) is 0 Å². The van der Waals surface area contributed by atoms with Crippen LogP contribution in [0.3, 0.4) is 0 Å². The maximum Gasteiger partial charge on any atom is 0.416 e. The summed E-state index contributed by atoms with van der Waals surface area (Å²) >= 11 is 0. The molecular formula is C18H13F4N5. The summed E-state index contributed by atoms with van der Waals surface area (Å²) in [5, 5.41) is 0. The number of aliphatic imine (C=N–C) groups is 1. The van der Waals surface area contributed by atoms with E-state index in [1.807, 2.05) is 0 Å². The summed E-state index contributed by atoms with van der Waals surface area (Å²) < 4.78 is 53.7. The lowest BCUT2D eigenvalue weighted by Crippen LogP contribution is -2.28. The van der Waals surface area contributed by atoms with E-state index in [9.17, 15) is 17.6 Å². The van der Waals surface area contributed by atoms with Crippen LogP contribution in [0.25, 0.3) is 5.78 Å². The van der Waals surface area contributed by atoms with Crippen molar-refractivity contribution in [3.05, 3.63) is 71.8 Å². The molecule has 0 radical (unpaired) electrons. The van der Waals surface area contributed by atoms with Crippen molar-refractivity contribution in [2.24, 2.45) is 4.99 Å². The lowest BCUT2D eigenvalue weighted by Gasteiger charge is -2.30. The third-order valence-corrected chi connectivity index (χ3v) is 4.28. The summed E-state index contributed by atoms with van der Waals surface area (Å²) in [6.07, 6.45) is 2.75. The van der Waals surface area contributed by atoms with Crippen molar-refractivity contribution in [1.82, 2.24) is 14.4 Å². The average Bonchev–Trinajstić information content (AvgIpc) is 2.96. The molecule has 1 atom stereocenters. The molecule has 2 aromatic heterocycles. The van der Waals surface area contributed by atoms with Gasteiger partial charge >= 0.3 is 6.18 Å². The number of aromatic nitrogens is 3. The van der Waals surface area contributed by atoms with E-state index >= 15 is 0 Å². The number of halogens is 4. The molecule has 4 rings (SSSR count). The van der Waals surface area contributed by atoms with Gasteiger partial charge in [-0.1, -0.05) is 0 Å². The minimum atomic E-state index is -4.40. The van der Waals surface area contributed by atoms with E-state index in [0.29, 0.717) is 22.9 Å². The monoisotopic (exact) mass is 375 g/mol. The van der Waals surface area contributed by atoms with Gasteiger partial charge in [0.05, 0.1) is 23.1 Å². The zero-order valence-electron chi connectivity index (χ0n) is 14.0. The third-order valence-electron chi connectivity index (χ3n) is 4.28. The first-order valence-electron chi connectivity index (χ1n) is 8.00. The Balaban J connectivity index is 1.79. The van der Waals surface area contributed by atoms with Crippen LogP contribution in [0.5, 0.6) is 0 Å². The summed E-state index contributed by atoms with van der Waals surface area (Å²) in [6.45, 7) is 1.76. The maximum absolute atomic E-state index is 13.7. The van der Waals surface area contributed by atoms with Gasteiger partial charge in [0.2, 0.25) is 5.78 Å². The van der Waals surface area contributed by atoms with Crippen molar-refractivity contribution in [3.63, 3.8) is 0 Å². The lowest BCUT2D eigenvalue weighted by molar-refractivity contribution is -0.137. The van der Waals surface area contributed by atoms with E-state index in [1.54, 1.807) is 24.2 Å². The van der Waals surface area contributed by atoms with E-state index in [-0.39, 0.29) is 0 Å². The van der Waals surface area contributed by atoms with Crippen LogP contribution < -0.4 is 4.90 Å². The summed E-state index contributed by atoms with van der Waals surface area (Å²) in [6, 6.07) is 4.33. The van der Waals surface area contributed by atoms with Crippen LogP contribution in [0.15, 0.2) is 54.1 Å². The Hall–Kier alpha value is -3.23. The molecule has 0 bridgehead atoms. The smallest absolute Gasteiger partial charge is 0.332 e. The third kappa shape index (κ3) is 3.05. The molecule has 0 spiro atoms. The van der Waals surface area contributed by atoms with Gasteiger partial charge in [-0.15, -0.1) is 0 Å². The molecule has 5 nitrogen and oxygen atoms in total. The number of anilines is 1. The van der Waals surface area contributed by atoms with Gasteiger partial charge in [0, 0.05) is 30.5 Å². The minimum absolute atomic E-state index is 0.333. The first-order chi connectivity index (χ1) is 12.8. The van der Waals surface area contributed by atoms with Crippen molar-refractivity contribution in [2.75, 3.05) is 4.90 Å². The second-order valence-electron chi connectivity index (χ2n) is 6.02. The highest BCUT2D eigenvalue weighted by molar-refractivity contribution is 5.76. The summed E-state index contributed by atoms with van der Waals surface area (Å²) in [4.78, 5) is 14.2. The molecule has 27 heavy (non-hydrogen) atoms. The Morgan fingerprint density at radius 3 is 2.56 bits per heavy atom. The predicted molar refractivity (Wildman–Crippen MR) is 92.0 cm³/mol. The number of hydrogen-bond donors (Lipinski definition) is 0. The Bertz CT molecular complexity index is 1050. The Kier molecular flexibility index (Phi) is 3.94. The highest BCUT2D eigenvalue weighted by Crippen LogP contribution is 2.34. The van der Waals surface area contributed by atoms with Crippen molar-refractivity contribution in [3.8, 4) is 0 Å². The molecule has 0 fully saturated rings. The fourth-order valence-electron chi connectivity index (χ4n) is 3.07. The number of rotatable bonds is 2. The Morgan fingerprint density at radius 2 is 1.85 bits per heavy atom. The van der Waals surface area contributed by atoms with Gasteiger partial charge in [0.15, 0.2) is 5.82 Å². The van der Waals surface area contributed by atoms with Crippen LogP contribution in [0.2, 0.25) is 0 Å². The topological polar surface area (TPSA) is 45.8 Å². The number of nitrogens with zero attached hydrogens (tertiary/aromatic N) is 5. The number of alkyl halides is 3. The maximum atomic E-state index is 13.7. The number of imidazole rings is 1. The molecule has 3 aromatic rings. The number of aryl methyl sites for hydroxylation is 1. The van der Waals surface area contributed by atoms with Crippen LogP contribution in [0, 0.1) is 12.7 Å². The quantitative estimate of drug-likeness (QED) is 0.628. The predicted octanol–water partition coefficient (Wildman–Crippen LogP) is 4.30. The Labute approximate surface area is 151 Å². The molecule has 1 aliphatic rings. The average molecular weight is 375 g/mol. The SMILES string of the molecule is Cc1nc2ncc(F)cn2c1C1C=NC=CN1c1ccc(C(F)(F)F)cc1. The standard InChI is InChI=1S/C18H13F4N5/c1-11-16(27-10-13(19)8-24-17(27)25-11)15-9-23-6-7-26(15)14-4-2-12(3-5-14)18(20,21)22/h2-10,15H,1H3. The zero-order valence-corrected chi connectivity index (χ0v) is 14.0. The highest BCUT2D eigenvalue weighted by atomic mass is 19.4. The molecule has 0 saturated heterocycles. The number of fused-ring (bicyclic) bond motifs is 1. The van der Waals surface area contributed by atoms with Crippen LogP contribution in [-0.4, -0.2) is 20.6 Å². The molecular weight excluding hydrogens is 362 g/mol. The largest absolute Gasteiger partial charge is 0.416 e. The second-order valence-corrected chi connectivity index (χ2v) is 6.02. The normalized spacial score (nSPS) is 17.1. The molecule has 3 heterocycles. The van der Waals surface area contributed by atoms with E-state index in [2.05, 4.69) is 15.0 Å². The van der Waals surface area contributed by atoms with Gasteiger partial charge in [0.25, 0.3) is 0 Å². The van der Waals surface area contributed by atoms with Crippen LogP contribution in [0.4, 0.5) is 23.2 Å². The Morgan fingerprint density at radius 1 is 1.11 bits per heavy atom. The van der Waals surface area contributed by atoms with E-state index < -0.39 is 23.6 Å². The molecule has 1 aromatic carbocycles. The minimum Gasteiger partial charge on any atom is -0.332 e. The summed E-state index contributed by atoms with van der Waals surface area (Å²) in [5.41, 5.74) is 1.06. The van der Waals surface area contributed by atoms with Crippen LogP contribution in [0.1, 0.15) is 23.0 Å². The van der Waals surface area contributed by atoms with Crippen LogP contribution >= 0.6 is 0 Å². The lowest BCUT2D eigenvalue weighted by atomic mass is 10.1. The molecule has 0 saturated carbocycles. The zero-order chi connectivity index (χ0) is 19.2. The second kappa shape index (κ2) is 6.19. The number of hydrogen-bond acceptors (Lipinski definition) is 4. The van der Waals surface area contributed by atoms with Crippen LogP contribution in [-0.2, 0) is 6.18 Å². The van der Waals surface area contributed by atoms with Gasteiger partial charge in [-0.2, -0.15) is 13.2 Å². The van der Waals surface area contributed by atoms with Gasteiger partial charge in [0.1, 0.15) is 6.04 Å². The van der Waals surface area contributed by atoms with Crippen molar-refractivity contribution < 1.29 is 17.6 Å². The number of benzene rings is 1. The van der Waals surface area contributed by atoms with E-state index in [0.717, 1.165) is 18.3 Å². The van der Waals surface area contributed by atoms with Gasteiger partial charge < -0.3 is 4.90 Å². The van der Waals surface area contributed by atoms with Crippen molar-refractivity contribution >= 4 is 17.7 Å². The first kappa shape index (κ1) is 17.2. The van der Waals surface area contributed by atoms with Gasteiger partial charge in [-0.05, 0) is 31.2 Å². The van der Waals surface area contributed by atoms with Gasteiger partial charge in [-0.3, -0.25) is 9.39 Å². The molecule has 0 amide bonds. The molecule has 1 unspecified atom stereocenters. The van der Waals surface area contributed by atoms with Gasteiger partial charge in [-0.25, -0.2) is 14.4 Å².